The second kappa shape index (κ2) is 6.91. The molecule has 8 heteroatoms. The van der Waals surface area contributed by atoms with E-state index < -0.39 is 0 Å². The standard InChI is InChI=1S/C15H18BrN5O2/c1-15(2,3)12-13(22)18-14(21-19-12)20-17-8-9-7-10(16)5-6-11(9)23-4/h5-8H,1-4H3,(H2,18,20,21,22)/b17-8+. The predicted molar refractivity (Wildman–Crippen MR) is 93.3 cm³/mol. The zero-order valence-corrected chi connectivity index (χ0v) is 14.9. The summed E-state index contributed by atoms with van der Waals surface area (Å²) in [5.74, 6) is 0.856. The van der Waals surface area contributed by atoms with Crippen LogP contribution in [0.4, 0.5) is 5.95 Å². The van der Waals surface area contributed by atoms with Crippen LogP contribution in [0.5, 0.6) is 5.75 Å². The SMILES string of the molecule is COc1ccc(Br)cc1/C=N/Nc1nnc(C(C)(C)C)c(=O)[nH]1. The van der Waals surface area contributed by atoms with E-state index in [1.54, 1.807) is 13.3 Å². The van der Waals surface area contributed by atoms with Gasteiger partial charge in [0, 0.05) is 15.5 Å². The van der Waals surface area contributed by atoms with Crippen LogP contribution in [-0.4, -0.2) is 28.5 Å². The molecule has 2 aromatic rings. The molecule has 0 bridgehead atoms. The minimum Gasteiger partial charge on any atom is -0.496 e. The summed E-state index contributed by atoms with van der Waals surface area (Å²) in [4.78, 5) is 14.6. The van der Waals surface area contributed by atoms with Crippen molar-refractivity contribution >= 4 is 28.1 Å². The molecule has 0 amide bonds. The van der Waals surface area contributed by atoms with Crippen LogP contribution in [-0.2, 0) is 5.41 Å². The summed E-state index contributed by atoms with van der Waals surface area (Å²) in [5.41, 5.74) is 3.15. The molecule has 1 heterocycles. The number of anilines is 1. The van der Waals surface area contributed by atoms with Crippen molar-refractivity contribution in [3.05, 3.63) is 44.3 Å². The van der Waals surface area contributed by atoms with Crippen molar-refractivity contribution in [3.8, 4) is 5.75 Å². The third-order valence-corrected chi connectivity index (χ3v) is 3.47. The van der Waals surface area contributed by atoms with Crippen molar-refractivity contribution in [2.24, 2.45) is 5.10 Å². The molecule has 0 aliphatic heterocycles. The van der Waals surface area contributed by atoms with Crippen molar-refractivity contribution in [1.82, 2.24) is 15.2 Å². The van der Waals surface area contributed by atoms with Crippen molar-refractivity contribution < 1.29 is 4.74 Å². The van der Waals surface area contributed by atoms with E-state index in [9.17, 15) is 4.79 Å². The average molecular weight is 380 g/mol. The summed E-state index contributed by atoms with van der Waals surface area (Å²) in [7, 11) is 1.59. The van der Waals surface area contributed by atoms with Crippen LogP contribution >= 0.6 is 15.9 Å². The molecule has 2 N–H and O–H groups in total. The highest BCUT2D eigenvalue weighted by atomic mass is 79.9. The van der Waals surface area contributed by atoms with Crippen molar-refractivity contribution in [2.75, 3.05) is 12.5 Å². The Bertz CT molecular complexity index is 780. The first-order valence-corrected chi connectivity index (χ1v) is 7.70. The number of aromatic nitrogens is 3. The Kier molecular flexibility index (Phi) is 5.15. The van der Waals surface area contributed by atoms with Gasteiger partial charge in [0.15, 0.2) is 0 Å². The normalized spacial score (nSPS) is 11.7. The van der Waals surface area contributed by atoms with Gasteiger partial charge in [-0.3, -0.25) is 9.78 Å². The van der Waals surface area contributed by atoms with Gasteiger partial charge in [0.2, 0.25) is 5.95 Å². The Morgan fingerprint density at radius 1 is 1.35 bits per heavy atom. The van der Waals surface area contributed by atoms with E-state index in [-0.39, 0.29) is 16.9 Å². The topological polar surface area (TPSA) is 92.3 Å². The van der Waals surface area contributed by atoms with E-state index in [1.165, 1.54) is 0 Å². The maximum atomic E-state index is 12.0. The van der Waals surface area contributed by atoms with Gasteiger partial charge in [0.05, 0.1) is 13.3 Å². The van der Waals surface area contributed by atoms with Gasteiger partial charge in [-0.2, -0.15) is 5.10 Å². The Morgan fingerprint density at radius 2 is 2.09 bits per heavy atom. The number of hydrogen-bond donors (Lipinski definition) is 2. The minimum atomic E-state index is -0.369. The monoisotopic (exact) mass is 379 g/mol. The van der Waals surface area contributed by atoms with Crippen molar-refractivity contribution in [2.45, 2.75) is 26.2 Å². The lowest BCUT2D eigenvalue weighted by Gasteiger charge is -2.15. The average Bonchev–Trinajstić information content (AvgIpc) is 2.46. The van der Waals surface area contributed by atoms with Crippen LogP contribution < -0.4 is 15.7 Å². The Labute approximate surface area is 142 Å². The largest absolute Gasteiger partial charge is 0.496 e. The van der Waals surface area contributed by atoms with Crippen LogP contribution in [0.25, 0.3) is 0 Å². The van der Waals surface area contributed by atoms with Crippen LogP contribution in [0.2, 0.25) is 0 Å². The molecule has 0 atom stereocenters. The molecule has 1 aromatic heterocycles. The van der Waals surface area contributed by atoms with Crippen LogP contribution in [0.3, 0.4) is 0 Å². The quantitative estimate of drug-likeness (QED) is 0.629. The zero-order valence-electron chi connectivity index (χ0n) is 13.3. The molecule has 0 aliphatic carbocycles. The zero-order chi connectivity index (χ0) is 17.0. The first-order valence-electron chi connectivity index (χ1n) is 6.91. The number of nitrogens with zero attached hydrogens (tertiary/aromatic N) is 3. The number of halogens is 1. The first kappa shape index (κ1) is 17.1. The van der Waals surface area contributed by atoms with E-state index >= 15 is 0 Å². The van der Waals surface area contributed by atoms with Gasteiger partial charge in [-0.1, -0.05) is 36.7 Å². The maximum absolute atomic E-state index is 12.0. The highest BCUT2D eigenvalue weighted by molar-refractivity contribution is 9.10. The summed E-state index contributed by atoms with van der Waals surface area (Å²) in [5, 5.41) is 11.9. The molecule has 1 aromatic carbocycles. The third kappa shape index (κ3) is 4.38. The fourth-order valence-corrected chi connectivity index (χ4v) is 2.23. The Hall–Kier alpha value is -2.22. The summed E-state index contributed by atoms with van der Waals surface area (Å²) in [6.07, 6.45) is 1.57. The second-order valence-corrected chi connectivity index (χ2v) is 6.77. The van der Waals surface area contributed by atoms with Crippen LogP contribution in [0.15, 0.2) is 32.6 Å². The van der Waals surface area contributed by atoms with E-state index in [0.29, 0.717) is 11.4 Å². The molecular weight excluding hydrogens is 362 g/mol. The minimum absolute atomic E-state index is 0.174. The number of rotatable bonds is 4. The molecule has 0 radical (unpaired) electrons. The third-order valence-electron chi connectivity index (χ3n) is 2.97. The van der Waals surface area contributed by atoms with E-state index in [0.717, 1.165) is 10.0 Å². The fourth-order valence-electron chi connectivity index (χ4n) is 1.85. The van der Waals surface area contributed by atoms with Crippen LogP contribution in [0.1, 0.15) is 32.0 Å². The molecule has 0 spiro atoms. The summed E-state index contributed by atoms with van der Waals surface area (Å²) >= 11 is 3.39. The van der Waals surface area contributed by atoms with Crippen molar-refractivity contribution in [1.29, 1.82) is 0 Å². The molecule has 0 unspecified atom stereocenters. The van der Waals surface area contributed by atoms with Gasteiger partial charge in [-0.05, 0) is 18.2 Å². The fraction of sp³-hybridized carbons (Fsp3) is 0.333. The summed E-state index contributed by atoms with van der Waals surface area (Å²) < 4.78 is 6.15. The van der Waals surface area contributed by atoms with E-state index in [1.807, 2.05) is 39.0 Å². The van der Waals surface area contributed by atoms with Gasteiger partial charge in [-0.15, -0.1) is 10.2 Å². The molecular formula is C15H18BrN5O2. The van der Waals surface area contributed by atoms with Gasteiger partial charge < -0.3 is 4.74 Å². The highest BCUT2D eigenvalue weighted by Crippen LogP contribution is 2.21. The van der Waals surface area contributed by atoms with E-state index in [2.05, 4.69) is 41.6 Å². The molecule has 0 saturated carbocycles. The molecule has 0 saturated heterocycles. The number of H-pyrrole nitrogens is 1. The molecule has 7 nitrogen and oxygen atoms in total. The number of nitrogens with one attached hydrogen (secondary N) is 2. The molecule has 2 rings (SSSR count). The van der Waals surface area contributed by atoms with Gasteiger partial charge in [0.25, 0.3) is 5.56 Å². The number of methoxy groups -OCH3 is 1. The number of benzene rings is 1. The van der Waals surface area contributed by atoms with Gasteiger partial charge in [0.1, 0.15) is 11.4 Å². The number of aromatic amines is 1. The molecule has 0 fully saturated rings. The molecule has 0 aliphatic rings. The predicted octanol–water partition coefficient (Wildman–Crippen LogP) is 2.68. The Morgan fingerprint density at radius 3 is 2.70 bits per heavy atom. The van der Waals surface area contributed by atoms with Crippen LogP contribution in [0, 0.1) is 0 Å². The number of hydrazone groups is 1. The molecule has 23 heavy (non-hydrogen) atoms. The number of ether oxygens (including phenoxy) is 1. The van der Waals surface area contributed by atoms with E-state index in [4.69, 9.17) is 4.74 Å². The lowest BCUT2D eigenvalue weighted by Crippen LogP contribution is -2.28. The lowest BCUT2D eigenvalue weighted by molar-refractivity contribution is 0.414. The van der Waals surface area contributed by atoms with Gasteiger partial charge >= 0.3 is 0 Å². The second-order valence-electron chi connectivity index (χ2n) is 5.86. The smallest absolute Gasteiger partial charge is 0.274 e. The molecule has 122 valence electrons. The maximum Gasteiger partial charge on any atom is 0.274 e. The van der Waals surface area contributed by atoms with Gasteiger partial charge in [-0.25, -0.2) is 5.43 Å². The summed E-state index contributed by atoms with van der Waals surface area (Å²) in [6.45, 7) is 5.70. The van der Waals surface area contributed by atoms with Crippen molar-refractivity contribution in [3.63, 3.8) is 0 Å². The Balaban J connectivity index is 2.17. The summed E-state index contributed by atoms with van der Waals surface area (Å²) in [6, 6.07) is 5.56. The lowest BCUT2D eigenvalue weighted by atomic mass is 9.93. The first-order chi connectivity index (χ1) is 10.8. The highest BCUT2D eigenvalue weighted by Gasteiger charge is 2.20. The number of hydrogen-bond acceptors (Lipinski definition) is 6.